The number of aromatic carboxylic acids is 1. The van der Waals surface area contributed by atoms with Gasteiger partial charge >= 0.3 is 5.97 Å². The summed E-state index contributed by atoms with van der Waals surface area (Å²) in [5.41, 5.74) is -0.337. The standard InChI is InChI=1S/C15H13FN2O4/c1-18(8-9-2-4-11(16)5-3-9)14(20)10-6-12(15(21)22)17-13(19)7-10/h2-7H,8H2,1H3,(H,17,19)(H,21,22). The number of nitrogens with one attached hydrogen (secondary N) is 1. The van der Waals surface area contributed by atoms with Crippen molar-refractivity contribution in [3.8, 4) is 0 Å². The van der Waals surface area contributed by atoms with E-state index in [0.717, 1.165) is 12.1 Å². The Hall–Kier alpha value is -2.96. The lowest BCUT2D eigenvalue weighted by molar-refractivity contribution is 0.0690. The number of benzene rings is 1. The van der Waals surface area contributed by atoms with Gasteiger partial charge in [-0.1, -0.05) is 12.1 Å². The number of amides is 1. The quantitative estimate of drug-likeness (QED) is 0.895. The molecule has 2 rings (SSSR count). The van der Waals surface area contributed by atoms with Gasteiger partial charge in [-0.2, -0.15) is 0 Å². The lowest BCUT2D eigenvalue weighted by atomic mass is 10.1. The number of H-pyrrole nitrogens is 1. The van der Waals surface area contributed by atoms with Crippen molar-refractivity contribution in [2.24, 2.45) is 0 Å². The fraction of sp³-hybridized carbons (Fsp3) is 0.133. The van der Waals surface area contributed by atoms with Crippen molar-refractivity contribution in [3.63, 3.8) is 0 Å². The van der Waals surface area contributed by atoms with Crippen molar-refractivity contribution >= 4 is 11.9 Å². The molecule has 0 aliphatic carbocycles. The highest BCUT2D eigenvalue weighted by atomic mass is 19.1. The first-order chi connectivity index (χ1) is 10.4. The number of halogens is 1. The second-order valence-electron chi connectivity index (χ2n) is 4.74. The Balaban J connectivity index is 2.21. The molecule has 0 aliphatic heterocycles. The third-order valence-electron chi connectivity index (χ3n) is 3.00. The van der Waals surface area contributed by atoms with Crippen LogP contribution in [0, 0.1) is 5.82 Å². The predicted molar refractivity (Wildman–Crippen MR) is 76.2 cm³/mol. The zero-order chi connectivity index (χ0) is 16.3. The minimum Gasteiger partial charge on any atom is -0.477 e. The number of aromatic amines is 1. The van der Waals surface area contributed by atoms with Crippen molar-refractivity contribution < 1.29 is 19.1 Å². The second kappa shape index (κ2) is 6.21. The van der Waals surface area contributed by atoms with Crippen LogP contribution in [0.25, 0.3) is 0 Å². The molecule has 0 radical (unpaired) electrons. The van der Waals surface area contributed by atoms with Crippen LogP contribution in [0.3, 0.4) is 0 Å². The van der Waals surface area contributed by atoms with Gasteiger partial charge in [0.2, 0.25) is 5.56 Å². The zero-order valence-electron chi connectivity index (χ0n) is 11.7. The second-order valence-corrected chi connectivity index (χ2v) is 4.74. The summed E-state index contributed by atoms with van der Waals surface area (Å²) in [5.74, 6) is -2.20. The Bertz CT molecular complexity index is 768. The van der Waals surface area contributed by atoms with Crippen LogP contribution in [0.1, 0.15) is 26.4 Å². The van der Waals surface area contributed by atoms with E-state index in [1.807, 2.05) is 0 Å². The zero-order valence-corrected chi connectivity index (χ0v) is 11.7. The summed E-state index contributed by atoms with van der Waals surface area (Å²) in [6.07, 6.45) is 0. The van der Waals surface area contributed by atoms with Crippen molar-refractivity contribution in [2.45, 2.75) is 6.54 Å². The minimum absolute atomic E-state index is 0.0224. The van der Waals surface area contributed by atoms with E-state index in [4.69, 9.17) is 5.11 Å². The van der Waals surface area contributed by atoms with E-state index in [2.05, 4.69) is 4.98 Å². The van der Waals surface area contributed by atoms with Crippen LogP contribution >= 0.6 is 0 Å². The Morgan fingerprint density at radius 3 is 2.45 bits per heavy atom. The topological polar surface area (TPSA) is 90.5 Å². The van der Waals surface area contributed by atoms with E-state index >= 15 is 0 Å². The highest BCUT2D eigenvalue weighted by Gasteiger charge is 2.15. The van der Waals surface area contributed by atoms with Gasteiger partial charge in [0.1, 0.15) is 11.5 Å². The number of hydrogen-bond acceptors (Lipinski definition) is 3. The van der Waals surface area contributed by atoms with E-state index in [9.17, 15) is 18.8 Å². The third-order valence-corrected chi connectivity index (χ3v) is 3.00. The molecular weight excluding hydrogens is 291 g/mol. The number of rotatable bonds is 4. The average molecular weight is 304 g/mol. The molecule has 0 unspecified atom stereocenters. The van der Waals surface area contributed by atoms with E-state index in [1.165, 1.54) is 24.1 Å². The number of carboxylic acid groups (broad SMARTS) is 1. The summed E-state index contributed by atoms with van der Waals surface area (Å²) in [6, 6.07) is 7.79. The smallest absolute Gasteiger partial charge is 0.352 e. The maximum atomic E-state index is 12.8. The van der Waals surface area contributed by atoms with Crippen molar-refractivity contribution in [3.05, 3.63) is 69.4 Å². The van der Waals surface area contributed by atoms with Crippen molar-refractivity contribution in [1.29, 1.82) is 0 Å². The highest BCUT2D eigenvalue weighted by molar-refractivity contribution is 5.96. The molecule has 0 spiro atoms. The van der Waals surface area contributed by atoms with Crippen molar-refractivity contribution in [2.75, 3.05) is 7.05 Å². The molecule has 1 aromatic heterocycles. The molecule has 1 aromatic carbocycles. The van der Waals surface area contributed by atoms with Gasteiger partial charge in [-0.3, -0.25) is 9.59 Å². The number of carboxylic acids is 1. The third kappa shape index (κ3) is 3.57. The van der Waals surface area contributed by atoms with Crippen LogP contribution in [0.4, 0.5) is 4.39 Å². The Morgan fingerprint density at radius 1 is 1.23 bits per heavy atom. The normalized spacial score (nSPS) is 10.3. The maximum absolute atomic E-state index is 12.8. The molecule has 7 heteroatoms. The summed E-state index contributed by atoms with van der Waals surface area (Å²) in [4.78, 5) is 38.0. The Labute approximate surface area is 124 Å². The van der Waals surface area contributed by atoms with Crippen LogP contribution in [-0.2, 0) is 6.54 Å². The lowest BCUT2D eigenvalue weighted by Crippen LogP contribution is -2.28. The summed E-state index contributed by atoms with van der Waals surface area (Å²) < 4.78 is 12.8. The van der Waals surface area contributed by atoms with Gasteiger partial charge in [-0.05, 0) is 23.8 Å². The van der Waals surface area contributed by atoms with Crippen molar-refractivity contribution in [1.82, 2.24) is 9.88 Å². The first kappa shape index (κ1) is 15.4. The van der Waals surface area contributed by atoms with E-state index in [1.54, 1.807) is 12.1 Å². The molecule has 0 aliphatic rings. The molecule has 1 amide bonds. The average Bonchev–Trinajstić information content (AvgIpc) is 2.48. The molecule has 0 atom stereocenters. The molecule has 0 saturated carbocycles. The van der Waals surface area contributed by atoms with E-state index < -0.39 is 17.4 Å². The fourth-order valence-electron chi connectivity index (χ4n) is 1.94. The number of carbonyl (C=O) groups excluding carboxylic acids is 1. The number of pyridine rings is 1. The largest absolute Gasteiger partial charge is 0.477 e. The molecule has 0 bridgehead atoms. The summed E-state index contributed by atoms with van der Waals surface area (Å²) in [6.45, 7) is 0.203. The predicted octanol–water partition coefficient (Wildman–Crippen LogP) is 1.48. The summed E-state index contributed by atoms with van der Waals surface area (Å²) in [7, 11) is 1.51. The van der Waals surface area contributed by atoms with Gasteiger partial charge in [0.05, 0.1) is 0 Å². The van der Waals surface area contributed by atoms with Crippen LogP contribution < -0.4 is 5.56 Å². The van der Waals surface area contributed by atoms with E-state index in [0.29, 0.717) is 5.56 Å². The first-order valence-corrected chi connectivity index (χ1v) is 6.34. The van der Waals surface area contributed by atoms with Gasteiger partial charge < -0.3 is 15.0 Å². The minimum atomic E-state index is -1.33. The lowest BCUT2D eigenvalue weighted by Gasteiger charge is -2.17. The van der Waals surface area contributed by atoms with Gasteiger partial charge in [-0.25, -0.2) is 9.18 Å². The van der Waals surface area contributed by atoms with Crippen LogP contribution in [-0.4, -0.2) is 33.9 Å². The number of nitrogens with zero attached hydrogens (tertiary/aromatic N) is 1. The molecular formula is C15H13FN2O4. The first-order valence-electron chi connectivity index (χ1n) is 6.34. The maximum Gasteiger partial charge on any atom is 0.352 e. The Morgan fingerprint density at radius 2 is 1.86 bits per heavy atom. The Kier molecular flexibility index (Phi) is 4.36. The molecule has 114 valence electrons. The molecule has 2 N–H and O–H groups in total. The molecule has 0 fully saturated rings. The molecule has 2 aromatic rings. The monoisotopic (exact) mass is 304 g/mol. The van der Waals surface area contributed by atoms with Gasteiger partial charge in [0.15, 0.2) is 0 Å². The summed E-state index contributed by atoms with van der Waals surface area (Å²) in [5, 5.41) is 8.88. The number of hydrogen-bond donors (Lipinski definition) is 2. The number of aromatic nitrogens is 1. The van der Waals surface area contributed by atoms with Crippen LogP contribution in [0.2, 0.25) is 0 Å². The molecule has 6 nitrogen and oxygen atoms in total. The number of carbonyl (C=O) groups is 2. The summed E-state index contributed by atoms with van der Waals surface area (Å²) >= 11 is 0. The molecule has 0 saturated heterocycles. The SMILES string of the molecule is CN(Cc1ccc(F)cc1)C(=O)c1cc(C(=O)O)[nH]c(=O)c1. The van der Waals surface area contributed by atoms with Gasteiger partial charge in [0.25, 0.3) is 5.91 Å². The van der Waals surface area contributed by atoms with Crippen LogP contribution in [0.5, 0.6) is 0 Å². The van der Waals surface area contributed by atoms with Gasteiger partial charge in [-0.15, -0.1) is 0 Å². The van der Waals surface area contributed by atoms with Gasteiger partial charge in [0, 0.05) is 25.2 Å². The molecule has 1 heterocycles. The van der Waals surface area contributed by atoms with E-state index in [-0.39, 0.29) is 23.6 Å². The molecule has 22 heavy (non-hydrogen) atoms. The van der Waals surface area contributed by atoms with Crippen LogP contribution in [0.15, 0.2) is 41.2 Å². The fourth-order valence-corrected chi connectivity index (χ4v) is 1.94. The highest BCUT2D eigenvalue weighted by Crippen LogP contribution is 2.09.